The molecule has 0 amide bonds. The predicted octanol–water partition coefficient (Wildman–Crippen LogP) is 5.76. The van der Waals surface area contributed by atoms with Gasteiger partial charge in [-0.1, -0.05) is 45.8 Å². The van der Waals surface area contributed by atoms with E-state index >= 15 is 0 Å². The van der Waals surface area contributed by atoms with E-state index in [0.717, 1.165) is 5.92 Å². The van der Waals surface area contributed by atoms with Gasteiger partial charge in [0.1, 0.15) is 0 Å². The summed E-state index contributed by atoms with van der Waals surface area (Å²) >= 11 is 0. The van der Waals surface area contributed by atoms with Crippen LogP contribution in [0.2, 0.25) is 0 Å². The van der Waals surface area contributed by atoms with Crippen molar-refractivity contribution in [3.63, 3.8) is 0 Å². The minimum absolute atomic E-state index is 0.146. The maximum Gasteiger partial charge on any atom is 0.302 e. The molecule has 3 aliphatic rings. The number of esters is 1. The molecule has 2 saturated carbocycles. The van der Waals surface area contributed by atoms with E-state index < -0.39 is 0 Å². The van der Waals surface area contributed by atoms with E-state index in [2.05, 4.69) is 40.7 Å². The minimum Gasteiger partial charge on any atom is -0.465 e. The van der Waals surface area contributed by atoms with Gasteiger partial charge in [-0.25, -0.2) is 0 Å². The Hall–Kier alpha value is -0.790. The molecule has 0 saturated heterocycles. The van der Waals surface area contributed by atoms with E-state index in [1.807, 2.05) is 0 Å². The molecule has 0 N–H and O–H groups in total. The third kappa shape index (κ3) is 2.65. The highest BCUT2D eigenvalue weighted by atomic mass is 16.5. The number of hydrogen-bond acceptors (Lipinski definition) is 2. The van der Waals surface area contributed by atoms with Gasteiger partial charge in [-0.05, 0) is 67.1 Å². The fourth-order valence-corrected chi connectivity index (χ4v) is 7.13. The Morgan fingerprint density at radius 2 is 1.83 bits per heavy atom. The Kier molecular flexibility index (Phi) is 4.42. The smallest absolute Gasteiger partial charge is 0.302 e. The first kappa shape index (κ1) is 18.0. The average molecular weight is 333 g/mol. The van der Waals surface area contributed by atoms with Crippen molar-refractivity contribution in [1.29, 1.82) is 0 Å². The van der Waals surface area contributed by atoms with Crippen LogP contribution in [0, 0.1) is 34.0 Å². The molecule has 0 bridgehead atoms. The van der Waals surface area contributed by atoms with Gasteiger partial charge in [-0.3, -0.25) is 4.79 Å². The van der Waals surface area contributed by atoms with Crippen molar-refractivity contribution in [3.8, 4) is 0 Å². The number of carbonyl (C=O) groups is 1. The fourth-order valence-electron chi connectivity index (χ4n) is 7.13. The summed E-state index contributed by atoms with van der Waals surface area (Å²) in [6, 6.07) is 0. The first-order chi connectivity index (χ1) is 11.1. The average Bonchev–Trinajstić information content (AvgIpc) is 2.44. The van der Waals surface area contributed by atoms with Crippen LogP contribution < -0.4 is 0 Å². The third-order valence-corrected chi connectivity index (χ3v) is 8.31. The number of carbonyl (C=O) groups excluding carboxylic acids is 1. The Morgan fingerprint density at radius 1 is 1.12 bits per heavy atom. The van der Waals surface area contributed by atoms with E-state index in [1.165, 1.54) is 51.0 Å². The zero-order chi connectivity index (χ0) is 17.8. The quantitative estimate of drug-likeness (QED) is 0.474. The standard InChI is InChI=1S/C22H36O2/c1-15-8-9-19-21(5,17(15)14-24-16(2)23)13-10-18-20(3,4)11-7-12-22(18,19)6/h8,17-19H,7,9-14H2,1-6H3/t17-,18+,19+,21+,22+/m1/s1. The molecule has 2 fully saturated rings. The lowest BCUT2D eigenvalue weighted by Gasteiger charge is -2.65. The largest absolute Gasteiger partial charge is 0.465 e. The van der Waals surface area contributed by atoms with Gasteiger partial charge < -0.3 is 4.74 Å². The Labute approximate surface area is 148 Å². The highest BCUT2D eigenvalue weighted by molar-refractivity contribution is 5.65. The van der Waals surface area contributed by atoms with Crippen LogP contribution in [0.3, 0.4) is 0 Å². The van der Waals surface area contributed by atoms with E-state index in [1.54, 1.807) is 0 Å². The summed E-state index contributed by atoms with van der Waals surface area (Å²) in [5, 5.41) is 0. The number of ether oxygens (including phenoxy) is 1. The van der Waals surface area contributed by atoms with E-state index in [9.17, 15) is 4.79 Å². The Bertz CT molecular complexity index is 546. The van der Waals surface area contributed by atoms with E-state index in [-0.39, 0.29) is 11.4 Å². The summed E-state index contributed by atoms with van der Waals surface area (Å²) in [5.74, 6) is 1.79. The highest BCUT2D eigenvalue weighted by Crippen LogP contribution is 2.68. The van der Waals surface area contributed by atoms with Gasteiger partial charge in [0.05, 0.1) is 6.61 Å². The van der Waals surface area contributed by atoms with E-state index in [0.29, 0.717) is 29.3 Å². The van der Waals surface area contributed by atoms with Crippen LogP contribution in [-0.4, -0.2) is 12.6 Å². The third-order valence-electron chi connectivity index (χ3n) is 8.31. The van der Waals surface area contributed by atoms with Crippen LogP contribution >= 0.6 is 0 Å². The van der Waals surface area contributed by atoms with Crippen LogP contribution in [0.4, 0.5) is 0 Å². The zero-order valence-electron chi connectivity index (χ0n) is 16.6. The maximum absolute atomic E-state index is 11.4. The van der Waals surface area contributed by atoms with E-state index in [4.69, 9.17) is 4.74 Å². The lowest BCUT2D eigenvalue weighted by atomic mass is 9.40. The summed E-state index contributed by atoms with van der Waals surface area (Å²) in [6.45, 7) is 14.4. The first-order valence-electron chi connectivity index (χ1n) is 9.91. The molecule has 0 aromatic heterocycles. The van der Waals surface area contributed by atoms with Crippen molar-refractivity contribution >= 4 is 5.97 Å². The highest BCUT2D eigenvalue weighted by Gasteiger charge is 2.60. The fraction of sp³-hybridized carbons (Fsp3) is 0.864. The second kappa shape index (κ2) is 5.88. The van der Waals surface area contributed by atoms with Crippen LogP contribution in [0.15, 0.2) is 11.6 Å². The molecule has 0 unspecified atom stereocenters. The predicted molar refractivity (Wildman–Crippen MR) is 98.6 cm³/mol. The number of hydrogen-bond donors (Lipinski definition) is 0. The van der Waals surface area contributed by atoms with Crippen molar-refractivity contribution in [3.05, 3.63) is 11.6 Å². The van der Waals surface area contributed by atoms with Crippen LogP contribution in [-0.2, 0) is 9.53 Å². The molecule has 5 atom stereocenters. The summed E-state index contributed by atoms with van der Waals surface area (Å²) in [5.41, 5.74) is 2.61. The summed E-state index contributed by atoms with van der Waals surface area (Å²) in [4.78, 5) is 11.4. The van der Waals surface area contributed by atoms with Crippen LogP contribution in [0.25, 0.3) is 0 Å². The number of rotatable bonds is 2. The van der Waals surface area contributed by atoms with Crippen molar-refractivity contribution in [1.82, 2.24) is 0 Å². The van der Waals surface area contributed by atoms with Gasteiger partial charge in [0, 0.05) is 12.8 Å². The van der Waals surface area contributed by atoms with Crippen molar-refractivity contribution in [2.75, 3.05) is 6.61 Å². The minimum atomic E-state index is -0.146. The van der Waals surface area contributed by atoms with Gasteiger partial charge in [0.2, 0.25) is 0 Å². The van der Waals surface area contributed by atoms with Crippen LogP contribution in [0.1, 0.15) is 80.1 Å². The number of fused-ring (bicyclic) bond motifs is 3. The lowest BCUT2D eigenvalue weighted by Crippen LogP contribution is -2.58. The molecule has 0 spiro atoms. The van der Waals surface area contributed by atoms with Gasteiger partial charge in [0.25, 0.3) is 0 Å². The monoisotopic (exact) mass is 332 g/mol. The lowest BCUT2D eigenvalue weighted by molar-refractivity contribution is -0.159. The Balaban J connectivity index is 1.95. The normalized spacial score (nSPS) is 44.1. The molecule has 0 aromatic carbocycles. The molecule has 3 rings (SSSR count). The summed E-state index contributed by atoms with van der Waals surface area (Å²) in [7, 11) is 0. The molecule has 2 heteroatoms. The van der Waals surface area contributed by atoms with Crippen molar-refractivity contribution in [2.45, 2.75) is 80.1 Å². The van der Waals surface area contributed by atoms with Crippen LogP contribution in [0.5, 0.6) is 0 Å². The molecule has 0 radical (unpaired) electrons. The van der Waals surface area contributed by atoms with Gasteiger partial charge in [-0.2, -0.15) is 0 Å². The van der Waals surface area contributed by atoms with Gasteiger partial charge >= 0.3 is 5.97 Å². The van der Waals surface area contributed by atoms with Gasteiger partial charge in [-0.15, -0.1) is 0 Å². The second-order valence-corrected chi connectivity index (χ2v) is 10.0. The molecule has 3 aliphatic carbocycles. The molecule has 24 heavy (non-hydrogen) atoms. The summed E-state index contributed by atoms with van der Waals surface area (Å²) in [6.07, 6.45) is 10.4. The molecule has 0 heterocycles. The second-order valence-electron chi connectivity index (χ2n) is 10.0. The molecule has 0 aliphatic heterocycles. The summed E-state index contributed by atoms with van der Waals surface area (Å²) < 4.78 is 5.50. The van der Waals surface area contributed by atoms with Crippen molar-refractivity contribution in [2.24, 2.45) is 34.0 Å². The topological polar surface area (TPSA) is 26.3 Å². The van der Waals surface area contributed by atoms with Crippen molar-refractivity contribution < 1.29 is 9.53 Å². The Morgan fingerprint density at radius 3 is 2.50 bits per heavy atom. The zero-order valence-corrected chi connectivity index (χ0v) is 16.6. The maximum atomic E-state index is 11.4. The molecular weight excluding hydrogens is 296 g/mol. The SMILES string of the molecule is CC(=O)OC[C@@H]1C(C)=CC[C@H]2[C@@]1(C)CC[C@H]1C(C)(C)CCC[C@]21C. The molecule has 136 valence electrons. The number of allylic oxidation sites excluding steroid dienone is 1. The van der Waals surface area contributed by atoms with Gasteiger partial charge in [0.15, 0.2) is 0 Å². The molecular formula is C22H36O2. The molecule has 2 nitrogen and oxygen atoms in total. The molecule has 0 aromatic rings. The first-order valence-corrected chi connectivity index (χ1v) is 9.91.